The maximum absolute atomic E-state index is 13.8. The van der Waals surface area contributed by atoms with E-state index in [1.807, 2.05) is 24.3 Å². The molecule has 5 rings (SSSR count). The molecular weight excluding hydrogens is 392 g/mol. The zero-order chi connectivity index (χ0) is 19.3. The Morgan fingerprint density at radius 3 is 2.75 bits per heavy atom. The molecule has 2 aromatic heterocycles. The van der Waals surface area contributed by atoms with Crippen molar-refractivity contribution < 1.29 is 0 Å². The van der Waals surface area contributed by atoms with Crippen LogP contribution in [0.5, 0.6) is 0 Å². The monoisotopic (exact) mass is 414 g/mol. The Bertz CT molecular complexity index is 1100. The molecule has 0 radical (unpaired) electrons. The molecule has 5 nitrogen and oxygen atoms in total. The van der Waals surface area contributed by atoms with Crippen LogP contribution in [0.4, 0.5) is 5.95 Å². The van der Waals surface area contributed by atoms with Crippen LogP contribution in [0.3, 0.4) is 0 Å². The number of piperidine rings is 1. The Kier molecular flexibility index (Phi) is 4.65. The second-order valence-electron chi connectivity index (χ2n) is 7.75. The van der Waals surface area contributed by atoms with Crippen LogP contribution in [0.15, 0.2) is 29.1 Å². The van der Waals surface area contributed by atoms with E-state index in [0.29, 0.717) is 5.02 Å². The summed E-state index contributed by atoms with van der Waals surface area (Å²) in [6.07, 6.45) is 4.41. The molecule has 1 fully saturated rings. The highest BCUT2D eigenvalue weighted by Gasteiger charge is 2.26. The van der Waals surface area contributed by atoms with Crippen molar-refractivity contribution in [3.8, 4) is 5.69 Å². The number of anilines is 1. The number of benzene rings is 1. The fourth-order valence-corrected chi connectivity index (χ4v) is 5.78. The van der Waals surface area contributed by atoms with Gasteiger partial charge < -0.3 is 9.80 Å². The van der Waals surface area contributed by atoms with E-state index in [9.17, 15) is 4.79 Å². The van der Waals surface area contributed by atoms with Gasteiger partial charge in [0.25, 0.3) is 5.56 Å². The van der Waals surface area contributed by atoms with Crippen molar-refractivity contribution in [3.63, 3.8) is 0 Å². The standard InChI is InChI=1S/C21H23ClN4OS/c1-24-11-8-16-17(13-24)28-19-18(16)20(27)26(15-7-5-6-14(22)12-15)21(23-19)25-9-3-2-4-10-25/h5-7,12H,2-4,8-11,13H2,1H3. The van der Waals surface area contributed by atoms with Crippen LogP contribution in [-0.2, 0) is 13.0 Å². The molecule has 0 atom stereocenters. The van der Waals surface area contributed by atoms with E-state index in [1.165, 1.54) is 16.9 Å². The van der Waals surface area contributed by atoms with Crippen molar-refractivity contribution in [2.75, 3.05) is 31.6 Å². The first-order valence-corrected chi connectivity index (χ1v) is 11.1. The third-order valence-corrected chi connectivity index (χ3v) is 7.10. The summed E-state index contributed by atoms with van der Waals surface area (Å²) >= 11 is 7.94. The normalized spacial score (nSPS) is 17.9. The third kappa shape index (κ3) is 3.04. The highest BCUT2D eigenvalue weighted by Crippen LogP contribution is 2.34. The van der Waals surface area contributed by atoms with Crippen LogP contribution in [0, 0.1) is 0 Å². The average molecular weight is 415 g/mol. The molecule has 7 heteroatoms. The molecule has 2 aliphatic heterocycles. The first-order chi connectivity index (χ1) is 13.6. The summed E-state index contributed by atoms with van der Waals surface area (Å²) in [5.74, 6) is 0.756. The molecule has 0 N–H and O–H groups in total. The van der Waals surface area contributed by atoms with Crippen LogP contribution in [0.2, 0.25) is 5.02 Å². The summed E-state index contributed by atoms with van der Waals surface area (Å²) in [5, 5.41) is 1.43. The van der Waals surface area contributed by atoms with Crippen molar-refractivity contribution in [1.29, 1.82) is 0 Å². The Labute approximate surface area is 173 Å². The van der Waals surface area contributed by atoms with Gasteiger partial charge in [0.15, 0.2) is 0 Å². The van der Waals surface area contributed by atoms with Crippen molar-refractivity contribution in [2.45, 2.75) is 32.2 Å². The largest absolute Gasteiger partial charge is 0.342 e. The third-order valence-electron chi connectivity index (χ3n) is 5.75. The van der Waals surface area contributed by atoms with Gasteiger partial charge in [-0.1, -0.05) is 17.7 Å². The summed E-state index contributed by atoms with van der Waals surface area (Å²) in [6.45, 7) is 3.74. The van der Waals surface area contributed by atoms with E-state index in [-0.39, 0.29) is 5.56 Å². The highest BCUT2D eigenvalue weighted by molar-refractivity contribution is 7.18. The number of thiophene rings is 1. The molecule has 0 aliphatic carbocycles. The first-order valence-electron chi connectivity index (χ1n) is 9.88. The number of halogens is 1. The smallest absolute Gasteiger partial charge is 0.268 e. The molecule has 0 spiro atoms. The first kappa shape index (κ1) is 18.2. The summed E-state index contributed by atoms with van der Waals surface area (Å²) in [5.41, 5.74) is 2.02. The lowest BCUT2D eigenvalue weighted by molar-refractivity contribution is 0.318. The van der Waals surface area contributed by atoms with E-state index in [0.717, 1.165) is 67.3 Å². The van der Waals surface area contributed by atoms with Gasteiger partial charge >= 0.3 is 0 Å². The van der Waals surface area contributed by atoms with Gasteiger partial charge in [0.05, 0.1) is 11.1 Å². The van der Waals surface area contributed by atoms with Crippen molar-refractivity contribution in [3.05, 3.63) is 50.1 Å². The predicted molar refractivity (Wildman–Crippen MR) is 116 cm³/mol. The van der Waals surface area contributed by atoms with E-state index in [1.54, 1.807) is 15.9 Å². The number of aromatic nitrogens is 2. The lowest BCUT2D eigenvalue weighted by atomic mass is 10.1. The molecule has 146 valence electrons. The Balaban J connectivity index is 1.79. The molecular formula is C21H23ClN4OS. The van der Waals surface area contributed by atoms with Gasteiger partial charge in [-0.15, -0.1) is 11.3 Å². The molecule has 0 unspecified atom stereocenters. The van der Waals surface area contributed by atoms with E-state index in [2.05, 4.69) is 16.8 Å². The van der Waals surface area contributed by atoms with Crippen LogP contribution >= 0.6 is 22.9 Å². The van der Waals surface area contributed by atoms with Gasteiger partial charge in [-0.25, -0.2) is 9.55 Å². The van der Waals surface area contributed by atoms with Crippen molar-refractivity contribution >= 4 is 39.1 Å². The second-order valence-corrected chi connectivity index (χ2v) is 9.27. The Morgan fingerprint density at radius 2 is 1.96 bits per heavy atom. The summed E-state index contributed by atoms with van der Waals surface area (Å²) in [4.78, 5) is 25.5. The Hall–Kier alpha value is -1.89. The number of hydrogen-bond acceptors (Lipinski definition) is 5. The summed E-state index contributed by atoms with van der Waals surface area (Å²) in [7, 11) is 2.13. The van der Waals surface area contributed by atoms with Crippen molar-refractivity contribution in [2.24, 2.45) is 0 Å². The van der Waals surface area contributed by atoms with Gasteiger partial charge in [0, 0.05) is 36.1 Å². The van der Waals surface area contributed by atoms with Crippen LogP contribution in [0.1, 0.15) is 29.7 Å². The summed E-state index contributed by atoms with van der Waals surface area (Å²) in [6, 6.07) is 7.54. The van der Waals surface area contributed by atoms with Crippen LogP contribution < -0.4 is 10.5 Å². The minimum absolute atomic E-state index is 0.0369. The minimum Gasteiger partial charge on any atom is -0.342 e. The van der Waals surface area contributed by atoms with Gasteiger partial charge in [0.1, 0.15) is 4.83 Å². The fraction of sp³-hybridized carbons (Fsp3) is 0.429. The zero-order valence-electron chi connectivity index (χ0n) is 15.9. The van der Waals surface area contributed by atoms with Gasteiger partial charge in [-0.2, -0.15) is 0 Å². The maximum atomic E-state index is 13.8. The molecule has 1 saturated heterocycles. The number of fused-ring (bicyclic) bond motifs is 3. The van der Waals surface area contributed by atoms with Gasteiger partial charge in [-0.3, -0.25) is 4.79 Å². The minimum atomic E-state index is 0.0369. The SMILES string of the molecule is CN1CCc2c(sc3nc(N4CCCCC4)n(-c4cccc(Cl)c4)c(=O)c23)C1. The fourth-order valence-electron chi connectivity index (χ4n) is 4.31. The molecule has 0 saturated carbocycles. The van der Waals surface area contributed by atoms with Crippen LogP contribution in [-0.4, -0.2) is 41.1 Å². The molecule has 4 heterocycles. The molecule has 0 bridgehead atoms. The molecule has 0 amide bonds. The molecule has 28 heavy (non-hydrogen) atoms. The molecule has 1 aromatic carbocycles. The van der Waals surface area contributed by atoms with Crippen molar-refractivity contribution in [1.82, 2.24) is 14.5 Å². The topological polar surface area (TPSA) is 41.4 Å². The lowest BCUT2D eigenvalue weighted by Crippen LogP contribution is -2.36. The molecule has 2 aliphatic rings. The molecule has 3 aromatic rings. The van der Waals surface area contributed by atoms with E-state index in [4.69, 9.17) is 16.6 Å². The van der Waals surface area contributed by atoms with E-state index >= 15 is 0 Å². The number of hydrogen-bond donors (Lipinski definition) is 0. The second kappa shape index (κ2) is 7.17. The average Bonchev–Trinajstić information content (AvgIpc) is 3.06. The highest BCUT2D eigenvalue weighted by atomic mass is 35.5. The van der Waals surface area contributed by atoms with Gasteiger partial charge in [0.2, 0.25) is 5.95 Å². The number of likely N-dealkylation sites (N-methyl/N-ethyl adjacent to an activating group) is 1. The van der Waals surface area contributed by atoms with Crippen LogP contribution in [0.25, 0.3) is 15.9 Å². The Morgan fingerprint density at radius 1 is 1.14 bits per heavy atom. The lowest BCUT2D eigenvalue weighted by Gasteiger charge is -2.29. The quantitative estimate of drug-likeness (QED) is 0.633. The number of nitrogens with zero attached hydrogens (tertiary/aromatic N) is 4. The van der Waals surface area contributed by atoms with Gasteiger partial charge in [-0.05, 0) is 56.5 Å². The maximum Gasteiger partial charge on any atom is 0.268 e. The summed E-state index contributed by atoms with van der Waals surface area (Å²) < 4.78 is 1.78. The predicted octanol–water partition coefficient (Wildman–Crippen LogP) is 4.08. The number of rotatable bonds is 2. The zero-order valence-corrected chi connectivity index (χ0v) is 17.5. The van der Waals surface area contributed by atoms with E-state index < -0.39 is 0 Å².